The smallest absolute Gasteiger partial charge is 0.227 e. The number of hydrogen-bond acceptors (Lipinski definition) is 4. The van der Waals surface area contributed by atoms with E-state index < -0.39 is 0 Å². The van der Waals surface area contributed by atoms with Crippen molar-refractivity contribution < 1.29 is 9.18 Å². The largest absolute Gasteiger partial charge is 0.356 e. The molecule has 3 heterocycles. The summed E-state index contributed by atoms with van der Waals surface area (Å²) in [5.74, 6) is 0.747. The number of halogens is 1. The minimum Gasteiger partial charge on any atom is -0.356 e. The monoisotopic (exact) mass is 443 g/mol. The van der Waals surface area contributed by atoms with E-state index in [4.69, 9.17) is 5.10 Å². The average Bonchev–Trinajstić information content (AvgIpc) is 3.23. The van der Waals surface area contributed by atoms with Crippen molar-refractivity contribution in [3.63, 3.8) is 0 Å². The van der Waals surface area contributed by atoms with E-state index in [0.29, 0.717) is 0 Å². The zero-order valence-corrected chi connectivity index (χ0v) is 18.8. The van der Waals surface area contributed by atoms with Crippen molar-refractivity contribution in [2.45, 2.75) is 26.7 Å². The fourth-order valence-electron chi connectivity index (χ4n) is 4.41. The van der Waals surface area contributed by atoms with E-state index in [9.17, 15) is 9.18 Å². The highest BCUT2D eigenvalue weighted by atomic mass is 19.1. The Morgan fingerprint density at radius 2 is 1.79 bits per heavy atom. The number of aryl methyl sites for hydroxylation is 2. The predicted molar refractivity (Wildman–Crippen MR) is 128 cm³/mol. The first-order valence-electron chi connectivity index (χ1n) is 11.2. The molecule has 7 heteroatoms. The molecule has 0 radical (unpaired) electrons. The lowest BCUT2D eigenvalue weighted by Gasteiger charge is -2.33. The van der Waals surface area contributed by atoms with E-state index in [1.165, 1.54) is 12.1 Å². The van der Waals surface area contributed by atoms with Gasteiger partial charge in [-0.2, -0.15) is 9.61 Å². The Balaban J connectivity index is 1.33. The fraction of sp³-hybridized carbons (Fsp3) is 0.269. The normalized spacial score (nSPS) is 14.6. The van der Waals surface area contributed by atoms with E-state index in [2.05, 4.69) is 15.2 Å². The molecule has 2 aromatic heterocycles. The Morgan fingerprint density at radius 3 is 2.52 bits per heavy atom. The van der Waals surface area contributed by atoms with E-state index in [1.807, 2.05) is 54.8 Å². The summed E-state index contributed by atoms with van der Waals surface area (Å²) in [4.78, 5) is 19.7. The van der Waals surface area contributed by atoms with Gasteiger partial charge >= 0.3 is 0 Å². The third kappa shape index (κ3) is 4.44. The molecule has 0 aliphatic carbocycles. The van der Waals surface area contributed by atoms with Gasteiger partial charge in [-0.1, -0.05) is 12.1 Å². The molecule has 0 bridgehead atoms. The standard InChI is InChI=1S/C26H26FN5O/c1-17-4-3-5-22(14-17)29-26(33)20-10-12-31(13-11-20)25-15-18(2)28-24-16-23(30-32(24)25)19-6-8-21(27)9-7-19/h3-9,14-16,20H,10-13H2,1-2H3,(H,29,33). The van der Waals surface area contributed by atoms with Gasteiger partial charge in [-0.05, 0) is 68.7 Å². The number of nitrogens with zero attached hydrogens (tertiary/aromatic N) is 4. The lowest BCUT2D eigenvalue weighted by atomic mass is 9.95. The van der Waals surface area contributed by atoms with Gasteiger partial charge in [0.25, 0.3) is 0 Å². The third-order valence-electron chi connectivity index (χ3n) is 6.15. The molecule has 2 aromatic carbocycles. The van der Waals surface area contributed by atoms with Crippen LogP contribution in [0.3, 0.4) is 0 Å². The summed E-state index contributed by atoms with van der Waals surface area (Å²) in [6, 6.07) is 18.2. The van der Waals surface area contributed by atoms with Crippen LogP contribution >= 0.6 is 0 Å². The van der Waals surface area contributed by atoms with Gasteiger partial charge in [0.15, 0.2) is 5.65 Å². The van der Waals surface area contributed by atoms with Crippen LogP contribution in [0.1, 0.15) is 24.1 Å². The van der Waals surface area contributed by atoms with Crippen LogP contribution in [0.4, 0.5) is 15.9 Å². The molecule has 1 aliphatic rings. The van der Waals surface area contributed by atoms with E-state index in [0.717, 1.165) is 65.6 Å². The maximum atomic E-state index is 13.3. The lowest BCUT2D eigenvalue weighted by molar-refractivity contribution is -0.120. The maximum absolute atomic E-state index is 13.3. The summed E-state index contributed by atoms with van der Waals surface area (Å²) in [5, 5.41) is 7.82. The summed E-state index contributed by atoms with van der Waals surface area (Å²) in [7, 11) is 0. The van der Waals surface area contributed by atoms with E-state index in [1.54, 1.807) is 12.1 Å². The Kier molecular flexibility index (Phi) is 5.54. The number of anilines is 2. The first-order valence-corrected chi connectivity index (χ1v) is 11.2. The molecular weight excluding hydrogens is 417 g/mol. The molecule has 1 fully saturated rings. The van der Waals surface area contributed by atoms with Gasteiger partial charge in [0, 0.05) is 48.1 Å². The SMILES string of the molecule is Cc1cccc(NC(=O)C2CCN(c3cc(C)nc4cc(-c5ccc(F)cc5)nn34)CC2)c1. The molecule has 1 N–H and O–H groups in total. The molecule has 6 nitrogen and oxygen atoms in total. The van der Waals surface area contributed by atoms with Crippen LogP contribution in [0.5, 0.6) is 0 Å². The van der Waals surface area contributed by atoms with Gasteiger partial charge in [0.2, 0.25) is 5.91 Å². The van der Waals surface area contributed by atoms with Gasteiger partial charge in [0.05, 0.1) is 5.69 Å². The van der Waals surface area contributed by atoms with Crippen molar-refractivity contribution >= 4 is 23.1 Å². The number of nitrogens with one attached hydrogen (secondary N) is 1. The Bertz CT molecular complexity index is 1310. The summed E-state index contributed by atoms with van der Waals surface area (Å²) in [6.45, 7) is 5.50. The van der Waals surface area contributed by atoms with E-state index in [-0.39, 0.29) is 17.6 Å². The molecular formula is C26H26FN5O. The van der Waals surface area contributed by atoms with Crippen LogP contribution in [-0.4, -0.2) is 33.6 Å². The molecule has 5 rings (SSSR count). The number of hydrogen-bond donors (Lipinski definition) is 1. The van der Waals surface area contributed by atoms with Crippen LogP contribution in [0.15, 0.2) is 60.7 Å². The first kappa shape index (κ1) is 21.1. The molecule has 4 aromatic rings. The van der Waals surface area contributed by atoms with Crippen molar-refractivity contribution in [3.8, 4) is 11.3 Å². The second kappa shape index (κ2) is 8.65. The van der Waals surface area contributed by atoms with Crippen LogP contribution in [0.2, 0.25) is 0 Å². The summed E-state index contributed by atoms with van der Waals surface area (Å²) < 4.78 is 15.2. The number of aromatic nitrogens is 3. The zero-order valence-electron chi connectivity index (χ0n) is 18.8. The number of rotatable bonds is 4. The first-order chi connectivity index (χ1) is 16.0. The van der Waals surface area contributed by atoms with Gasteiger partial charge in [-0.25, -0.2) is 9.37 Å². The van der Waals surface area contributed by atoms with Crippen LogP contribution in [0.25, 0.3) is 16.9 Å². The Morgan fingerprint density at radius 1 is 1.03 bits per heavy atom. The van der Waals surface area contributed by atoms with Crippen molar-refractivity contribution in [2.24, 2.45) is 5.92 Å². The van der Waals surface area contributed by atoms with Gasteiger partial charge in [-0.3, -0.25) is 4.79 Å². The molecule has 1 aliphatic heterocycles. The number of benzene rings is 2. The number of piperidine rings is 1. The second-order valence-electron chi connectivity index (χ2n) is 8.68. The average molecular weight is 444 g/mol. The zero-order chi connectivity index (χ0) is 22.9. The lowest BCUT2D eigenvalue weighted by Crippen LogP contribution is -2.39. The summed E-state index contributed by atoms with van der Waals surface area (Å²) in [5.41, 5.74) is 5.22. The van der Waals surface area contributed by atoms with Crippen molar-refractivity contribution in [1.82, 2.24) is 14.6 Å². The van der Waals surface area contributed by atoms with Crippen molar-refractivity contribution in [1.29, 1.82) is 0 Å². The Labute approximate surface area is 192 Å². The Hall–Kier alpha value is -3.74. The second-order valence-corrected chi connectivity index (χ2v) is 8.68. The van der Waals surface area contributed by atoms with Crippen LogP contribution in [-0.2, 0) is 4.79 Å². The third-order valence-corrected chi connectivity index (χ3v) is 6.15. The van der Waals surface area contributed by atoms with Gasteiger partial charge < -0.3 is 10.2 Å². The van der Waals surface area contributed by atoms with Crippen LogP contribution < -0.4 is 10.2 Å². The van der Waals surface area contributed by atoms with Crippen molar-refractivity contribution in [3.05, 3.63) is 77.7 Å². The highest BCUT2D eigenvalue weighted by Gasteiger charge is 2.27. The molecule has 33 heavy (non-hydrogen) atoms. The molecule has 0 atom stereocenters. The quantitative estimate of drug-likeness (QED) is 0.482. The van der Waals surface area contributed by atoms with Crippen LogP contribution in [0, 0.1) is 25.6 Å². The molecule has 0 saturated carbocycles. The number of carbonyl (C=O) groups is 1. The number of amides is 1. The fourth-order valence-corrected chi connectivity index (χ4v) is 4.41. The molecule has 1 saturated heterocycles. The minimum absolute atomic E-state index is 0.0208. The maximum Gasteiger partial charge on any atom is 0.227 e. The topological polar surface area (TPSA) is 62.5 Å². The van der Waals surface area contributed by atoms with Gasteiger partial charge in [-0.15, -0.1) is 0 Å². The number of carbonyl (C=O) groups excluding carboxylic acids is 1. The minimum atomic E-state index is -0.272. The van der Waals surface area contributed by atoms with Gasteiger partial charge in [0.1, 0.15) is 11.6 Å². The highest BCUT2D eigenvalue weighted by molar-refractivity contribution is 5.92. The molecule has 1 amide bonds. The summed E-state index contributed by atoms with van der Waals surface area (Å²) >= 11 is 0. The molecule has 168 valence electrons. The van der Waals surface area contributed by atoms with E-state index >= 15 is 0 Å². The predicted octanol–water partition coefficient (Wildman–Crippen LogP) is 5.01. The summed E-state index contributed by atoms with van der Waals surface area (Å²) in [6.07, 6.45) is 1.54. The van der Waals surface area contributed by atoms with Crippen molar-refractivity contribution in [2.75, 3.05) is 23.3 Å². The molecule has 0 spiro atoms. The highest BCUT2D eigenvalue weighted by Crippen LogP contribution is 2.28. The number of fused-ring (bicyclic) bond motifs is 1. The molecule has 0 unspecified atom stereocenters.